The van der Waals surface area contributed by atoms with Crippen LogP contribution in [-0.2, 0) is 4.79 Å². The molecule has 0 radical (unpaired) electrons. The fourth-order valence-corrected chi connectivity index (χ4v) is 4.08. The molecule has 4 aromatic rings. The SMILES string of the molecule is Cc1nn(-c2nncc(-c3ccc(F)cc3)n2)c2c1C(c1ccc(Br)cc1)CC(=O)N2. The molecule has 1 aliphatic rings. The maximum Gasteiger partial charge on any atom is 0.272 e. The van der Waals surface area contributed by atoms with Crippen LogP contribution in [0.1, 0.15) is 29.2 Å². The monoisotopic (exact) mass is 478 g/mol. The van der Waals surface area contributed by atoms with Crippen molar-refractivity contribution in [2.75, 3.05) is 5.32 Å². The minimum atomic E-state index is -0.329. The van der Waals surface area contributed by atoms with E-state index in [-0.39, 0.29) is 23.6 Å². The van der Waals surface area contributed by atoms with Crippen molar-refractivity contribution in [3.63, 3.8) is 0 Å². The van der Waals surface area contributed by atoms with Crippen LogP contribution in [0.3, 0.4) is 0 Å². The molecule has 2 aromatic heterocycles. The van der Waals surface area contributed by atoms with E-state index in [1.165, 1.54) is 23.0 Å². The molecule has 0 fully saturated rings. The third-order valence-electron chi connectivity index (χ3n) is 5.25. The summed E-state index contributed by atoms with van der Waals surface area (Å²) in [5, 5.41) is 15.7. The van der Waals surface area contributed by atoms with Crippen molar-refractivity contribution in [1.82, 2.24) is 25.0 Å². The molecule has 3 heterocycles. The molecule has 1 N–H and O–H groups in total. The second kappa shape index (κ2) is 7.66. The number of rotatable bonds is 3. The molecule has 9 heteroatoms. The number of amides is 1. The van der Waals surface area contributed by atoms with Crippen LogP contribution >= 0.6 is 15.9 Å². The van der Waals surface area contributed by atoms with Crippen LogP contribution in [0, 0.1) is 12.7 Å². The highest BCUT2D eigenvalue weighted by Crippen LogP contribution is 2.40. The van der Waals surface area contributed by atoms with Crippen molar-refractivity contribution in [3.05, 3.63) is 81.8 Å². The number of benzene rings is 2. The van der Waals surface area contributed by atoms with Crippen LogP contribution in [-0.4, -0.2) is 30.9 Å². The third-order valence-corrected chi connectivity index (χ3v) is 5.78. The van der Waals surface area contributed by atoms with Gasteiger partial charge in [0.2, 0.25) is 5.91 Å². The second-order valence-corrected chi connectivity index (χ2v) is 8.18. The van der Waals surface area contributed by atoms with Crippen molar-refractivity contribution in [2.24, 2.45) is 0 Å². The van der Waals surface area contributed by atoms with Crippen LogP contribution in [0.2, 0.25) is 0 Å². The number of aryl methyl sites for hydroxylation is 1. The number of nitrogens with zero attached hydrogens (tertiary/aromatic N) is 5. The average molecular weight is 479 g/mol. The van der Waals surface area contributed by atoms with Gasteiger partial charge in [0.25, 0.3) is 5.95 Å². The van der Waals surface area contributed by atoms with E-state index < -0.39 is 0 Å². The van der Waals surface area contributed by atoms with Gasteiger partial charge < -0.3 is 5.32 Å². The molecule has 1 aliphatic heterocycles. The van der Waals surface area contributed by atoms with Gasteiger partial charge in [-0.2, -0.15) is 14.9 Å². The highest BCUT2D eigenvalue weighted by Gasteiger charge is 2.33. The van der Waals surface area contributed by atoms with Gasteiger partial charge in [0, 0.05) is 27.9 Å². The first-order chi connectivity index (χ1) is 15.0. The average Bonchev–Trinajstić information content (AvgIpc) is 3.10. The number of aromatic nitrogens is 5. The molecular formula is C22H16BrFN6O. The predicted octanol–water partition coefficient (Wildman–Crippen LogP) is 4.41. The molecule has 5 rings (SSSR count). The minimum Gasteiger partial charge on any atom is -0.310 e. The highest BCUT2D eigenvalue weighted by molar-refractivity contribution is 9.10. The van der Waals surface area contributed by atoms with E-state index in [1.54, 1.807) is 12.1 Å². The van der Waals surface area contributed by atoms with E-state index in [9.17, 15) is 9.18 Å². The molecule has 1 atom stereocenters. The molecule has 31 heavy (non-hydrogen) atoms. The fraction of sp³-hybridized carbons (Fsp3) is 0.136. The van der Waals surface area contributed by atoms with E-state index in [0.29, 0.717) is 23.5 Å². The second-order valence-electron chi connectivity index (χ2n) is 7.26. The molecule has 0 spiro atoms. The Morgan fingerprint density at radius 2 is 1.87 bits per heavy atom. The summed E-state index contributed by atoms with van der Waals surface area (Å²) in [6.45, 7) is 1.90. The summed E-state index contributed by atoms with van der Waals surface area (Å²) < 4.78 is 15.7. The first-order valence-electron chi connectivity index (χ1n) is 9.60. The van der Waals surface area contributed by atoms with Crippen LogP contribution in [0.25, 0.3) is 17.2 Å². The lowest BCUT2D eigenvalue weighted by molar-refractivity contribution is -0.116. The van der Waals surface area contributed by atoms with Gasteiger partial charge in [-0.1, -0.05) is 28.1 Å². The Bertz CT molecular complexity index is 1290. The largest absolute Gasteiger partial charge is 0.310 e. The van der Waals surface area contributed by atoms with Gasteiger partial charge in [0.15, 0.2) is 0 Å². The molecule has 7 nitrogen and oxygen atoms in total. The lowest BCUT2D eigenvalue weighted by Crippen LogP contribution is -2.25. The number of halogens is 2. The molecule has 1 amide bonds. The maximum atomic E-state index is 13.3. The van der Waals surface area contributed by atoms with E-state index in [1.807, 2.05) is 31.2 Å². The molecule has 0 saturated carbocycles. The Labute approximate surface area is 185 Å². The van der Waals surface area contributed by atoms with Crippen LogP contribution in [0.5, 0.6) is 0 Å². The van der Waals surface area contributed by atoms with Crippen LogP contribution in [0.15, 0.2) is 59.2 Å². The van der Waals surface area contributed by atoms with Gasteiger partial charge in [0.05, 0.1) is 17.6 Å². The topological polar surface area (TPSA) is 85.6 Å². The smallest absolute Gasteiger partial charge is 0.272 e. The third kappa shape index (κ3) is 3.61. The molecule has 0 saturated heterocycles. The quantitative estimate of drug-likeness (QED) is 0.471. The zero-order chi connectivity index (χ0) is 21.5. The maximum absolute atomic E-state index is 13.3. The normalized spacial score (nSPS) is 15.5. The number of fused-ring (bicyclic) bond motifs is 1. The summed E-state index contributed by atoms with van der Waals surface area (Å²) >= 11 is 3.45. The van der Waals surface area contributed by atoms with Crippen molar-refractivity contribution in [1.29, 1.82) is 0 Å². The van der Waals surface area contributed by atoms with Crippen molar-refractivity contribution >= 4 is 27.7 Å². The Morgan fingerprint density at radius 3 is 2.61 bits per heavy atom. The zero-order valence-corrected chi connectivity index (χ0v) is 18.0. The molecule has 2 aromatic carbocycles. The van der Waals surface area contributed by atoms with Crippen molar-refractivity contribution in [2.45, 2.75) is 19.3 Å². The molecule has 0 aliphatic carbocycles. The summed E-state index contributed by atoms with van der Waals surface area (Å²) in [4.78, 5) is 17.1. The number of carbonyl (C=O) groups excluding carboxylic acids is 1. The lowest BCUT2D eigenvalue weighted by atomic mass is 9.86. The van der Waals surface area contributed by atoms with E-state index >= 15 is 0 Å². The first-order valence-corrected chi connectivity index (χ1v) is 10.4. The fourth-order valence-electron chi connectivity index (χ4n) is 3.82. The number of hydrogen-bond donors (Lipinski definition) is 1. The molecule has 1 unspecified atom stereocenters. The zero-order valence-electron chi connectivity index (χ0n) is 16.4. The van der Waals surface area contributed by atoms with Crippen LogP contribution < -0.4 is 5.32 Å². The Morgan fingerprint density at radius 1 is 1.13 bits per heavy atom. The Balaban J connectivity index is 1.60. The van der Waals surface area contributed by atoms with Crippen LogP contribution in [0.4, 0.5) is 10.2 Å². The summed E-state index contributed by atoms with van der Waals surface area (Å²) in [5.41, 5.74) is 3.96. The van der Waals surface area contributed by atoms with Crippen molar-refractivity contribution in [3.8, 4) is 17.2 Å². The van der Waals surface area contributed by atoms with Gasteiger partial charge in [0.1, 0.15) is 11.6 Å². The first kappa shape index (κ1) is 19.5. The minimum absolute atomic E-state index is 0.107. The number of carbonyl (C=O) groups is 1. The Hall–Kier alpha value is -3.46. The highest BCUT2D eigenvalue weighted by atomic mass is 79.9. The molecule has 154 valence electrons. The van der Waals surface area contributed by atoms with E-state index in [0.717, 1.165) is 21.3 Å². The molecule has 0 bridgehead atoms. The van der Waals surface area contributed by atoms with Gasteiger partial charge >= 0.3 is 0 Å². The van der Waals surface area contributed by atoms with Gasteiger partial charge in [-0.3, -0.25) is 4.79 Å². The lowest BCUT2D eigenvalue weighted by Gasteiger charge is -2.24. The number of hydrogen-bond acceptors (Lipinski definition) is 5. The molecular weight excluding hydrogens is 463 g/mol. The standard InChI is InChI=1S/C22H16BrFN6O/c1-12-20-17(13-2-6-15(23)7-3-13)10-19(31)27-21(20)30(29-12)22-26-18(11-25-28-22)14-4-8-16(24)9-5-14/h2-9,11,17H,10H2,1H3,(H,27,31). The van der Waals surface area contributed by atoms with E-state index in [4.69, 9.17) is 0 Å². The van der Waals surface area contributed by atoms with Gasteiger partial charge in [-0.05, 0) is 48.9 Å². The summed E-state index contributed by atoms with van der Waals surface area (Å²) in [5.74, 6) is 0.204. The van der Waals surface area contributed by atoms with Gasteiger partial charge in [-0.25, -0.2) is 9.37 Å². The number of nitrogens with one attached hydrogen (secondary N) is 1. The van der Waals surface area contributed by atoms with E-state index in [2.05, 4.69) is 41.5 Å². The Kier molecular flexibility index (Phi) is 4.82. The summed E-state index contributed by atoms with van der Waals surface area (Å²) in [6.07, 6.45) is 1.83. The predicted molar refractivity (Wildman–Crippen MR) is 116 cm³/mol. The summed E-state index contributed by atoms with van der Waals surface area (Å²) in [6, 6.07) is 13.9. The van der Waals surface area contributed by atoms with Gasteiger partial charge in [-0.15, -0.1) is 5.10 Å². The number of anilines is 1. The van der Waals surface area contributed by atoms with Crippen molar-refractivity contribution < 1.29 is 9.18 Å². The summed E-state index contributed by atoms with van der Waals surface area (Å²) in [7, 11) is 0.